The van der Waals surface area contributed by atoms with Gasteiger partial charge in [0.05, 0.1) is 4.88 Å². The van der Waals surface area contributed by atoms with Crippen LogP contribution in [0.5, 0.6) is 0 Å². The Labute approximate surface area is 157 Å². The van der Waals surface area contributed by atoms with E-state index < -0.39 is 5.91 Å². The summed E-state index contributed by atoms with van der Waals surface area (Å²) in [6.07, 6.45) is 2.20. The van der Waals surface area contributed by atoms with E-state index in [1.54, 1.807) is 6.07 Å². The number of halogens is 1. The fourth-order valence-electron chi connectivity index (χ4n) is 2.88. The number of carbonyl (C=O) groups is 2. The van der Waals surface area contributed by atoms with Gasteiger partial charge in [0, 0.05) is 12.1 Å². The van der Waals surface area contributed by atoms with Crippen molar-refractivity contribution >= 4 is 35.6 Å². The highest BCUT2D eigenvalue weighted by molar-refractivity contribution is 7.12. The van der Waals surface area contributed by atoms with Crippen LogP contribution in [0.3, 0.4) is 0 Å². The van der Waals surface area contributed by atoms with Crippen LogP contribution in [-0.4, -0.2) is 31.4 Å². The van der Waals surface area contributed by atoms with E-state index in [0.717, 1.165) is 43.6 Å². The molecule has 5 nitrogen and oxygen atoms in total. The zero-order valence-corrected chi connectivity index (χ0v) is 15.4. The van der Waals surface area contributed by atoms with E-state index in [-0.39, 0.29) is 18.3 Å². The Kier molecular flexibility index (Phi) is 6.99. The van der Waals surface area contributed by atoms with Crippen molar-refractivity contribution in [2.75, 3.05) is 19.6 Å². The molecule has 4 N–H and O–H groups in total. The maximum Gasteiger partial charge on any atom is 0.258 e. The minimum Gasteiger partial charge on any atom is -0.365 e. The average Bonchev–Trinajstić information content (AvgIpc) is 3.11. The lowest BCUT2D eigenvalue weighted by Gasteiger charge is -2.22. The van der Waals surface area contributed by atoms with Crippen LogP contribution in [0.25, 0.3) is 11.1 Å². The summed E-state index contributed by atoms with van der Waals surface area (Å²) in [6.45, 7) is 2.77. The van der Waals surface area contributed by atoms with E-state index in [2.05, 4.69) is 10.6 Å². The molecule has 1 aliphatic heterocycles. The zero-order valence-electron chi connectivity index (χ0n) is 13.8. The van der Waals surface area contributed by atoms with Gasteiger partial charge in [-0.15, -0.1) is 23.7 Å². The van der Waals surface area contributed by atoms with Gasteiger partial charge < -0.3 is 16.4 Å². The van der Waals surface area contributed by atoms with Crippen LogP contribution in [0.4, 0.5) is 0 Å². The van der Waals surface area contributed by atoms with Crippen LogP contribution >= 0.6 is 23.7 Å². The summed E-state index contributed by atoms with van der Waals surface area (Å²) in [4.78, 5) is 24.1. The molecule has 2 amide bonds. The number of nitrogens with one attached hydrogen (secondary N) is 2. The van der Waals surface area contributed by atoms with E-state index in [0.29, 0.717) is 16.4 Å². The molecule has 2 aromatic rings. The largest absolute Gasteiger partial charge is 0.365 e. The predicted molar refractivity (Wildman–Crippen MR) is 103 cm³/mol. The average molecular weight is 380 g/mol. The molecule has 2 heterocycles. The first-order valence-electron chi connectivity index (χ1n) is 8.11. The molecule has 1 fully saturated rings. The summed E-state index contributed by atoms with van der Waals surface area (Å²) in [6, 6.07) is 9.21. The zero-order chi connectivity index (χ0) is 16.9. The normalized spacial score (nSPS) is 14.6. The molecule has 0 radical (unpaired) electrons. The van der Waals surface area contributed by atoms with Gasteiger partial charge in [-0.1, -0.05) is 12.1 Å². The highest BCUT2D eigenvalue weighted by Crippen LogP contribution is 2.26. The molecule has 0 atom stereocenters. The van der Waals surface area contributed by atoms with Crippen LogP contribution in [0.2, 0.25) is 0 Å². The fraction of sp³-hybridized carbons (Fsp3) is 0.333. The SMILES string of the molecule is Cl.NC(=O)c1cc(-c2cccc(C(=O)NCC3CCNCC3)c2)cs1. The van der Waals surface area contributed by atoms with Crippen LogP contribution in [-0.2, 0) is 0 Å². The number of benzene rings is 1. The van der Waals surface area contributed by atoms with E-state index >= 15 is 0 Å². The van der Waals surface area contributed by atoms with Gasteiger partial charge in [-0.25, -0.2) is 0 Å². The number of hydrogen-bond acceptors (Lipinski definition) is 4. The molecule has 1 aromatic heterocycles. The minimum atomic E-state index is -0.429. The van der Waals surface area contributed by atoms with Crippen LogP contribution in [0.15, 0.2) is 35.7 Å². The number of carbonyl (C=O) groups excluding carboxylic acids is 2. The summed E-state index contributed by atoms with van der Waals surface area (Å²) >= 11 is 1.31. The molecule has 1 aliphatic rings. The first-order chi connectivity index (χ1) is 11.6. The number of hydrogen-bond donors (Lipinski definition) is 3. The second-order valence-corrected chi connectivity index (χ2v) is 6.96. The Morgan fingerprint density at radius 3 is 2.64 bits per heavy atom. The summed E-state index contributed by atoms with van der Waals surface area (Å²) in [7, 11) is 0. The summed E-state index contributed by atoms with van der Waals surface area (Å²) in [5.41, 5.74) is 7.74. The van der Waals surface area contributed by atoms with Crippen molar-refractivity contribution in [3.8, 4) is 11.1 Å². The molecule has 1 saturated heterocycles. The molecule has 0 bridgehead atoms. The number of amides is 2. The van der Waals surface area contributed by atoms with Gasteiger partial charge in [-0.2, -0.15) is 0 Å². The number of rotatable bonds is 5. The molecule has 25 heavy (non-hydrogen) atoms. The van der Waals surface area contributed by atoms with Crippen LogP contribution in [0.1, 0.15) is 32.9 Å². The Balaban J connectivity index is 0.00000225. The number of piperidine rings is 1. The fourth-order valence-corrected chi connectivity index (χ4v) is 3.65. The van der Waals surface area contributed by atoms with Gasteiger partial charge in [-0.3, -0.25) is 9.59 Å². The molecular weight excluding hydrogens is 358 g/mol. The van der Waals surface area contributed by atoms with Crippen molar-refractivity contribution in [2.24, 2.45) is 11.7 Å². The minimum absolute atomic E-state index is 0. The summed E-state index contributed by atoms with van der Waals surface area (Å²) in [5, 5.41) is 8.24. The van der Waals surface area contributed by atoms with E-state index in [1.165, 1.54) is 11.3 Å². The molecule has 3 rings (SSSR count). The monoisotopic (exact) mass is 379 g/mol. The molecule has 0 aliphatic carbocycles. The van der Waals surface area contributed by atoms with Gasteiger partial charge in [0.2, 0.25) is 0 Å². The number of primary amides is 1. The smallest absolute Gasteiger partial charge is 0.258 e. The Morgan fingerprint density at radius 2 is 1.96 bits per heavy atom. The predicted octanol–water partition coefficient (Wildman–Crippen LogP) is 2.67. The van der Waals surface area contributed by atoms with Crippen LogP contribution in [0, 0.1) is 5.92 Å². The van der Waals surface area contributed by atoms with Crippen molar-refractivity contribution in [1.29, 1.82) is 0 Å². The van der Waals surface area contributed by atoms with Gasteiger partial charge in [-0.05, 0) is 66.6 Å². The first-order valence-corrected chi connectivity index (χ1v) is 8.99. The lowest BCUT2D eigenvalue weighted by Crippen LogP contribution is -2.35. The highest BCUT2D eigenvalue weighted by atomic mass is 35.5. The molecule has 134 valence electrons. The maximum absolute atomic E-state index is 12.4. The van der Waals surface area contributed by atoms with Gasteiger partial charge in [0.15, 0.2) is 0 Å². The standard InChI is InChI=1S/C18H21N3O2S.ClH/c19-17(22)16-9-15(11-24-16)13-2-1-3-14(8-13)18(23)21-10-12-4-6-20-7-5-12;/h1-3,8-9,11-12,20H,4-7,10H2,(H2,19,22)(H,21,23);1H. The Hall–Kier alpha value is -1.89. The molecule has 0 spiro atoms. The van der Waals surface area contributed by atoms with Crippen molar-refractivity contribution in [3.05, 3.63) is 46.2 Å². The van der Waals surface area contributed by atoms with E-state index in [1.807, 2.05) is 29.6 Å². The molecule has 0 saturated carbocycles. The highest BCUT2D eigenvalue weighted by Gasteiger charge is 2.15. The second-order valence-electron chi connectivity index (χ2n) is 6.05. The third kappa shape index (κ3) is 5.04. The van der Waals surface area contributed by atoms with Crippen molar-refractivity contribution < 1.29 is 9.59 Å². The molecule has 7 heteroatoms. The van der Waals surface area contributed by atoms with Crippen LogP contribution < -0.4 is 16.4 Å². The lowest BCUT2D eigenvalue weighted by molar-refractivity contribution is 0.0943. The topological polar surface area (TPSA) is 84.2 Å². The third-order valence-corrected chi connectivity index (χ3v) is 5.26. The van der Waals surface area contributed by atoms with Gasteiger partial charge in [0.1, 0.15) is 0 Å². The van der Waals surface area contributed by atoms with Crippen molar-refractivity contribution in [2.45, 2.75) is 12.8 Å². The Bertz CT molecular complexity index is 741. The quantitative estimate of drug-likeness (QED) is 0.746. The summed E-state index contributed by atoms with van der Waals surface area (Å²) in [5.74, 6) is 0.0660. The second kappa shape index (κ2) is 8.99. The number of nitrogens with two attached hydrogens (primary N) is 1. The van der Waals surface area contributed by atoms with Gasteiger partial charge >= 0.3 is 0 Å². The molecule has 0 unspecified atom stereocenters. The molecular formula is C18H22ClN3O2S. The van der Waals surface area contributed by atoms with Crippen molar-refractivity contribution in [1.82, 2.24) is 10.6 Å². The maximum atomic E-state index is 12.4. The first kappa shape index (κ1) is 19.4. The third-order valence-electron chi connectivity index (χ3n) is 4.31. The van der Waals surface area contributed by atoms with E-state index in [9.17, 15) is 9.59 Å². The van der Waals surface area contributed by atoms with Gasteiger partial charge in [0.25, 0.3) is 11.8 Å². The van der Waals surface area contributed by atoms with Crippen molar-refractivity contribution in [3.63, 3.8) is 0 Å². The lowest BCUT2D eigenvalue weighted by atomic mass is 9.98. The van der Waals surface area contributed by atoms with E-state index in [4.69, 9.17) is 5.73 Å². The summed E-state index contributed by atoms with van der Waals surface area (Å²) < 4.78 is 0. The Morgan fingerprint density at radius 1 is 1.20 bits per heavy atom. The number of thiophene rings is 1. The molecule has 1 aromatic carbocycles.